The number of unbranched alkanes of at least 4 members (excludes halogenated alkanes) is 1. The van der Waals surface area contributed by atoms with Gasteiger partial charge in [0.25, 0.3) is 0 Å². The molecule has 0 aliphatic heterocycles. The van der Waals surface area contributed by atoms with E-state index in [1.54, 1.807) is 18.3 Å². The summed E-state index contributed by atoms with van der Waals surface area (Å²) in [6, 6.07) is 7.28. The molecule has 1 N–H and O–H groups in total. The molecule has 1 heterocycles. The van der Waals surface area contributed by atoms with Crippen molar-refractivity contribution in [2.75, 3.05) is 6.61 Å². The van der Waals surface area contributed by atoms with Crippen LogP contribution in [0.5, 0.6) is 5.75 Å². The normalized spacial score (nSPS) is 10.6. The highest BCUT2D eigenvalue weighted by Crippen LogP contribution is 2.29. The highest BCUT2D eigenvalue weighted by molar-refractivity contribution is 6.35. The largest absolute Gasteiger partial charge is 0.491 e. The molecule has 2 rings (SSSR count). The lowest BCUT2D eigenvalue weighted by molar-refractivity contribution is -0.137. The average Bonchev–Trinajstić information content (AvgIpc) is 2.41. The molecule has 1 aromatic heterocycles. The number of aromatic nitrogens is 1. The molecule has 0 saturated heterocycles. The number of fused-ring (bicyclic) bond motifs is 1. The molecule has 0 amide bonds. The second kappa shape index (κ2) is 6.38. The fraction of sp³-hybridized carbons (Fsp3) is 0.286. The molecular weight excluding hydrogens is 266 g/mol. The summed E-state index contributed by atoms with van der Waals surface area (Å²) in [5.41, 5.74) is 0.730. The molecule has 0 saturated carbocycles. The van der Waals surface area contributed by atoms with Crippen molar-refractivity contribution in [1.82, 2.24) is 4.98 Å². The lowest BCUT2D eigenvalue weighted by atomic mass is 10.2. The van der Waals surface area contributed by atoms with Gasteiger partial charge in [0.05, 0.1) is 11.6 Å². The van der Waals surface area contributed by atoms with Crippen molar-refractivity contribution in [2.45, 2.75) is 19.3 Å². The Morgan fingerprint density at radius 1 is 1.32 bits per heavy atom. The Labute approximate surface area is 116 Å². The van der Waals surface area contributed by atoms with Crippen molar-refractivity contribution in [3.05, 3.63) is 35.5 Å². The van der Waals surface area contributed by atoms with Crippen molar-refractivity contribution < 1.29 is 14.6 Å². The van der Waals surface area contributed by atoms with E-state index in [-0.39, 0.29) is 6.42 Å². The fourth-order valence-corrected chi connectivity index (χ4v) is 2.00. The number of nitrogens with zero attached hydrogens (tertiary/aromatic N) is 1. The standard InChI is InChI=1S/C14H14ClNO3/c15-11-6-7-12(14-10(11)4-3-8-16-14)19-9-2-1-5-13(17)18/h3-4,6-8H,1-2,5,9H2,(H,17,18). The van der Waals surface area contributed by atoms with Crippen molar-refractivity contribution >= 4 is 28.5 Å². The summed E-state index contributed by atoms with van der Waals surface area (Å²) in [5.74, 6) is -0.103. The van der Waals surface area contributed by atoms with Crippen LogP contribution in [0.25, 0.3) is 10.9 Å². The minimum absolute atomic E-state index is 0.170. The van der Waals surface area contributed by atoms with Crippen LogP contribution < -0.4 is 4.74 Å². The number of aliphatic carboxylic acids is 1. The van der Waals surface area contributed by atoms with Gasteiger partial charge >= 0.3 is 5.97 Å². The first kappa shape index (κ1) is 13.6. The number of pyridine rings is 1. The second-order valence-corrected chi connectivity index (χ2v) is 4.55. The quantitative estimate of drug-likeness (QED) is 0.822. The van der Waals surface area contributed by atoms with Gasteiger partial charge < -0.3 is 9.84 Å². The minimum Gasteiger partial charge on any atom is -0.491 e. The van der Waals surface area contributed by atoms with Crippen molar-refractivity contribution in [2.24, 2.45) is 0 Å². The topological polar surface area (TPSA) is 59.4 Å². The zero-order valence-corrected chi connectivity index (χ0v) is 11.1. The van der Waals surface area contributed by atoms with E-state index in [9.17, 15) is 4.79 Å². The van der Waals surface area contributed by atoms with Gasteiger partial charge in [-0.05, 0) is 37.1 Å². The second-order valence-electron chi connectivity index (χ2n) is 4.14. The number of ether oxygens (including phenoxy) is 1. The van der Waals surface area contributed by atoms with E-state index in [0.29, 0.717) is 30.2 Å². The van der Waals surface area contributed by atoms with Crippen LogP contribution in [-0.2, 0) is 4.79 Å². The summed E-state index contributed by atoms with van der Waals surface area (Å²) in [7, 11) is 0. The highest BCUT2D eigenvalue weighted by atomic mass is 35.5. The Kier molecular flexibility index (Phi) is 4.58. The molecule has 0 spiro atoms. The first-order valence-corrected chi connectivity index (χ1v) is 6.44. The Bertz CT molecular complexity index is 586. The minimum atomic E-state index is -0.779. The maximum absolute atomic E-state index is 10.4. The van der Waals surface area contributed by atoms with Gasteiger partial charge in [-0.15, -0.1) is 0 Å². The van der Waals surface area contributed by atoms with Gasteiger partial charge in [-0.2, -0.15) is 0 Å². The Morgan fingerprint density at radius 2 is 2.16 bits per heavy atom. The molecule has 0 unspecified atom stereocenters. The fourth-order valence-electron chi connectivity index (χ4n) is 1.79. The van der Waals surface area contributed by atoms with E-state index in [0.717, 1.165) is 10.9 Å². The maximum Gasteiger partial charge on any atom is 0.303 e. The Morgan fingerprint density at radius 3 is 2.95 bits per heavy atom. The molecule has 2 aromatic rings. The SMILES string of the molecule is O=C(O)CCCCOc1ccc(Cl)c2cccnc12. The average molecular weight is 280 g/mol. The number of hydrogen-bond donors (Lipinski definition) is 1. The first-order chi connectivity index (χ1) is 9.18. The van der Waals surface area contributed by atoms with Gasteiger partial charge in [-0.3, -0.25) is 9.78 Å². The van der Waals surface area contributed by atoms with Gasteiger partial charge in [0.15, 0.2) is 0 Å². The van der Waals surface area contributed by atoms with E-state index in [4.69, 9.17) is 21.4 Å². The van der Waals surface area contributed by atoms with Crippen LogP contribution in [0.3, 0.4) is 0 Å². The molecule has 0 aliphatic rings. The molecule has 0 aliphatic carbocycles. The third kappa shape index (κ3) is 3.58. The summed E-state index contributed by atoms with van der Waals surface area (Å²) < 4.78 is 5.64. The van der Waals surface area contributed by atoms with Crippen LogP contribution in [0.2, 0.25) is 5.02 Å². The molecule has 0 bridgehead atoms. The van der Waals surface area contributed by atoms with Crippen LogP contribution in [0, 0.1) is 0 Å². The molecule has 0 radical (unpaired) electrons. The number of carboxylic acids is 1. The molecule has 19 heavy (non-hydrogen) atoms. The highest BCUT2D eigenvalue weighted by Gasteiger charge is 2.06. The molecule has 0 atom stereocenters. The third-order valence-electron chi connectivity index (χ3n) is 2.72. The summed E-state index contributed by atoms with van der Waals surface area (Å²) in [6.07, 6.45) is 3.16. The number of carbonyl (C=O) groups is 1. The molecule has 1 aromatic carbocycles. The molecule has 100 valence electrons. The molecule has 5 heteroatoms. The molecule has 4 nitrogen and oxygen atoms in total. The zero-order chi connectivity index (χ0) is 13.7. The zero-order valence-electron chi connectivity index (χ0n) is 10.3. The molecular formula is C14H14ClNO3. The Balaban J connectivity index is 2.01. The van der Waals surface area contributed by atoms with E-state index in [2.05, 4.69) is 4.98 Å². The maximum atomic E-state index is 10.4. The Hall–Kier alpha value is -1.81. The van der Waals surface area contributed by atoms with Crippen LogP contribution in [-0.4, -0.2) is 22.7 Å². The summed E-state index contributed by atoms with van der Waals surface area (Å²) >= 11 is 6.09. The van der Waals surface area contributed by atoms with Crippen molar-refractivity contribution in [1.29, 1.82) is 0 Å². The van der Waals surface area contributed by atoms with Crippen LogP contribution in [0.15, 0.2) is 30.5 Å². The van der Waals surface area contributed by atoms with Gasteiger partial charge in [0.1, 0.15) is 11.3 Å². The van der Waals surface area contributed by atoms with Crippen LogP contribution >= 0.6 is 11.6 Å². The predicted octanol–water partition coefficient (Wildman–Crippen LogP) is 3.52. The summed E-state index contributed by atoms with van der Waals surface area (Å²) in [4.78, 5) is 14.6. The van der Waals surface area contributed by atoms with E-state index < -0.39 is 5.97 Å². The predicted molar refractivity (Wildman–Crippen MR) is 73.7 cm³/mol. The number of rotatable bonds is 6. The van der Waals surface area contributed by atoms with Gasteiger partial charge in [-0.25, -0.2) is 0 Å². The van der Waals surface area contributed by atoms with Gasteiger partial charge in [0, 0.05) is 18.0 Å². The summed E-state index contributed by atoms with van der Waals surface area (Å²) in [6.45, 7) is 0.473. The van der Waals surface area contributed by atoms with Gasteiger partial charge in [0.2, 0.25) is 0 Å². The van der Waals surface area contributed by atoms with Gasteiger partial charge in [-0.1, -0.05) is 11.6 Å². The summed E-state index contributed by atoms with van der Waals surface area (Å²) in [5, 5.41) is 10.0. The van der Waals surface area contributed by atoms with Crippen LogP contribution in [0.1, 0.15) is 19.3 Å². The lowest BCUT2D eigenvalue weighted by Crippen LogP contribution is -2.01. The number of carboxylic acid groups (broad SMARTS) is 1. The van der Waals surface area contributed by atoms with E-state index >= 15 is 0 Å². The van der Waals surface area contributed by atoms with E-state index in [1.165, 1.54) is 0 Å². The van der Waals surface area contributed by atoms with Crippen molar-refractivity contribution in [3.8, 4) is 5.75 Å². The van der Waals surface area contributed by atoms with Crippen LogP contribution in [0.4, 0.5) is 0 Å². The van der Waals surface area contributed by atoms with Crippen molar-refractivity contribution in [3.63, 3.8) is 0 Å². The number of hydrogen-bond acceptors (Lipinski definition) is 3. The van der Waals surface area contributed by atoms with E-state index in [1.807, 2.05) is 12.1 Å². The number of benzene rings is 1. The lowest BCUT2D eigenvalue weighted by Gasteiger charge is -2.09. The molecule has 0 fully saturated rings. The third-order valence-corrected chi connectivity index (χ3v) is 3.05. The number of halogens is 1. The smallest absolute Gasteiger partial charge is 0.303 e. The monoisotopic (exact) mass is 279 g/mol. The first-order valence-electron chi connectivity index (χ1n) is 6.06.